The van der Waals surface area contributed by atoms with Crippen molar-refractivity contribution in [3.8, 4) is 0 Å². The zero-order valence-electron chi connectivity index (χ0n) is 12.1. The van der Waals surface area contributed by atoms with Crippen LogP contribution in [0.4, 0.5) is 18.9 Å². The predicted octanol–water partition coefficient (Wildman–Crippen LogP) is 3.41. The van der Waals surface area contributed by atoms with E-state index in [1.54, 1.807) is 0 Å². The van der Waals surface area contributed by atoms with Crippen LogP contribution in [0.25, 0.3) is 0 Å². The Bertz CT molecular complexity index is 693. The van der Waals surface area contributed by atoms with Crippen LogP contribution in [0.5, 0.6) is 0 Å². The number of hydrogen-bond donors (Lipinski definition) is 0. The van der Waals surface area contributed by atoms with Gasteiger partial charge >= 0.3 is 6.18 Å². The van der Waals surface area contributed by atoms with Crippen molar-refractivity contribution >= 4 is 17.5 Å². The van der Waals surface area contributed by atoms with Crippen molar-refractivity contribution in [1.82, 2.24) is 0 Å². The van der Waals surface area contributed by atoms with E-state index in [4.69, 9.17) is 0 Å². The molecule has 0 aromatic heterocycles. The monoisotopic (exact) mass is 321 g/mol. The largest absolute Gasteiger partial charge is 0.416 e. The minimum Gasteiger partial charge on any atom is -0.274 e. The molecule has 0 spiro atoms. The van der Waals surface area contributed by atoms with Gasteiger partial charge in [-0.2, -0.15) is 13.2 Å². The van der Waals surface area contributed by atoms with E-state index < -0.39 is 23.6 Å². The maximum Gasteiger partial charge on any atom is 0.416 e. The van der Waals surface area contributed by atoms with Crippen molar-refractivity contribution in [3.05, 3.63) is 42.0 Å². The third-order valence-electron chi connectivity index (χ3n) is 5.19. The highest BCUT2D eigenvalue weighted by Gasteiger charge is 2.56. The van der Waals surface area contributed by atoms with Gasteiger partial charge in [-0.15, -0.1) is 0 Å². The number of amides is 2. The first kappa shape index (κ1) is 14.5. The van der Waals surface area contributed by atoms with Gasteiger partial charge in [-0.05, 0) is 42.9 Å². The van der Waals surface area contributed by atoms with Gasteiger partial charge in [-0.25, -0.2) is 0 Å². The molecule has 0 radical (unpaired) electrons. The molecule has 0 N–H and O–H groups in total. The zero-order valence-corrected chi connectivity index (χ0v) is 12.1. The lowest BCUT2D eigenvalue weighted by molar-refractivity contribution is -0.137. The summed E-state index contributed by atoms with van der Waals surface area (Å²) in [6.07, 6.45) is 1.18. The number of anilines is 1. The summed E-state index contributed by atoms with van der Waals surface area (Å²) in [7, 11) is 0. The summed E-state index contributed by atoms with van der Waals surface area (Å²) in [5.41, 5.74) is -0.838. The number of halogens is 3. The number of carbonyl (C=O) groups excluding carboxylic acids is 2. The number of allylic oxidation sites excluding steroid dienone is 2. The Morgan fingerprint density at radius 2 is 1.52 bits per heavy atom. The molecule has 3 aliphatic carbocycles. The highest BCUT2D eigenvalue weighted by Crippen LogP contribution is 2.50. The molecule has 2 amide bonds. The molecule has 1 heterocycles. The summed E-state index contributed by atoms with van der Waals surface area (Å²) in [6, 6.07) is 4.43. The molecule has 120 valence electrons. The van der Waals surface area contributed by atoms with E-state index in [9.17, 15) is 22.8 Å². The van der Waals surface area contributed by atoms with Gasteiger partial charge in [0.25, 0.3) is 0 Å². The number of nitrogens with zero attached hydrogens (tertiary/aromatic N) is 1. The number of imide groups is 1. The summed E-state index contributed by atoms with van der Waals surface area (Å²) in [5, 5.41) is 0. The molecule has 1 aromatic carbocycles. The van der Waals surface area contributed by atoms with Crippen molar-refractivity contribution in [2.45, 2.75) is 19.0 Å². The van der Waals surface area contributed by atoms with Crippen molar-refractivity contribution in [2.75, 3.05) is 4.90 Å². The average molecular weight is 321 g/mol. The topological polar surface area (TPSA) is 37.4 Å². The Kier molecular flexibility index (Phi) is 2.95. The molecule has 4 aliphatic rings. The number of rotatable bonds is 1. The van der Waals surface area contributed by atoms with Crippen LogP contribution in [0.1, 0.15) is 18.4 Å². The molecule has 6 heteroatoms. The fourth-order valence-electron chi connectivity index (χ4n) is 4.15. The molecule has 4 atom stereocenters. The van der Waals surface area contributed by atoms with Crippen molar-refractivity contribution in [2.24, 2.45) is 23.7 Å². The number of benzene rings is 1. The number of hydrogen-bond acceptors (Lipinski definition) is 2. The molecule has 23 heavy (non-hydrogen) atoms. The first-order chi connectivity index (χ1) is 10.9. The second kappa shape index (κ2) is 4.69. The first-order valence-electron chi connectivity index (χ1n) is 7.61. The molecule has 2 unspecified atom stereocenters. The van der Waals surface area contributed by atoms with Crippen LogP contribution in [0.2, 0.25) is 0 Å². The van der Waals surface area contributed by atoms with Crippen LogP contribution in [-0.2, 0) is 15.8 Å². The molecule has 3 nitrogen and oxygen atoms in total. The lowest BCUT2D eigenvalue weighted by atomic mass is 9.63. The minimum absolute atomic E-state index is 0.0172. The Balaban J connectivity index is 1.74. The lowest BCUT2D eigenvalue weighted by Crippen LogP contribution is -2.38. The molecular weight excluding hydrogens is 307 g/mol. The van der Waals surface area contributed by atoms with Gasteiger partial charge in [0.1, 0.15) is 0 Å². The summed E-state index contributed by atoms with van der Waals surface area (Å²) in [4.78, 5) is 26.3. The quantitative estimate of drug-likeness (QED) is 0.587. The van der Waals surface area contributed by atoms with Crippen LogP contribution < -0.4 is 4.90 Å². The molecule has 1 aromatic rings. The van der Waals surface area contributed by atoms with E-state index in [1.165, 1.54) is 12.1 Å². The molecule has 2 fully saturated rings. The van der Waals surface area contributed by atoms with E-state index in [1.807, 2.05) is 12.2 Å². The van der Waals surface area contributed by atoms with E-state index in [-0.39, 0.29) is 29.3 Å². The molecule has 2 bridgehead atoms. The van der Waals surface area contributed by atoms with E-state index in [0.29, 0.717) is 0 Å². The fourth-order valence-corrected chi connectivity index (χ4v) is 4.15. The molecule has 1 aliphatic heterocycles. The van der Waals surface area contributed by atoms with Gasteiger partial charge in [-0.3, -0.25) is 14.5 Å². The second-order valence-electron chi connectivity index (χ2n) is 6.40. The SMILES string of the molecule is O=C1[C@@H]2C3C=CC(CC3)[C@@H]2C(=O)N1c1cccc(C(F)(F)F)c1. The molecule has 1 saturated carbocycles. The number of alkyl halides is 3. The van der Waals surface area contributed by atoms with Crippen molar-refractivity contribution in [1.29, 1.82) is 0 Å². The maximum absolute atomic E-state index is 12.9. The van der Waals surface area contributed by atoms with Crippen LogP contribution >= 0.6 is 0 Å². The van der Waals surface area contributed by atoms with Gasteiger partial charge in [-0.1, -0.05) is 18.2 Å². The highest BCUT2D eigenvalue weighted by atomic mass is 19.4. The van der Waals surface area contributed by atoms with Crippen molar-refractivity contribution in [3.63, 3.8) is 0 Å². The van der Waals surface area contributed by atoms with Crippen LogP contribution in [0.3, 0.4) is 0 Å². The highest BCUT2D eigenvalue weighted by molar-refractivity contribution is 6.22. The first-order valence-corrected chi connectivity index (χ1v) is 7.61. The summed E-state index contributed by atoms with van der Waals surface area (Å²) < 4.78 is 38.6. The Labute approximate surface area is 130 Å². The Hall–Kier alpha value is -2.11. The summed E-state index contributed by atoms with van der Waals surface area (Å²) in [5.74, 6) is -1.51. The van der Waals surface area contributed by atoms with Crippen LogP contribution in [-0.4, -0.2) is 11.8 Å². The van der Waals surface area contributed by atoms with Gasteiger partial charge in [0.2, 0.25) is 11.8 Å². The van der Waals surface area contributed by atoms with Crippen LogP contribution in [0, 0.1) is 23.7 Å². The average Bonchev–Trinajstić information content (AvgIpc) is 2.81. The third-order valence-corrected chi connectivity index (χ3v) is 5.19. The predicted molar refractivity (Wildman–Crippen MR) is 76.3 cm³/mol. The van der Waals surface area contributed by atoms with Gasteiger partial charge in [0.15, 0.2) is 0 Å². The van der Waals surface area contributed by atoms with Gasteiger partial charge in [0.05, 0.1) is 23.1 Å². The molecular formula is C17H14F3NO2. The van der Waals surface area contributed by atoms with Gasteiger partial charge < -0.3 is 0 Å². The lowest BCUT2D eigenvalue weighted by Gasteiger charge is -2.38. The standard InChI is InChI=1S/C17H14F3NO2/c18-17(19,20)11-2-1-3-12(8-11)21-15(22)13-9-4-5-10(7-6-9)14(13)16(21)23/h1-5,8-10,13-14H,6-7H2/t9?,10?,13-,14+. The van der Waals surface area contributed by atoms with Crippen molar-refractivity contribution < 1.29 is 22.8 Å². The fraction of sp³-hybridized carbons (Fsp3) is 0.412. The zero-order chi connectivity index (χ0) is 16.4. The number of carbonyl (C=O) groups is 2. The number of fused-ring (bicyclic) bond motifs is 1. The molecule has 5 rings (SSSR count). The van der Waals surface area contributed by atoms with E-state index in [0.717, 1.165) is 29.9 Å². The molecule has 1 saturated heterocycles. The summed E-state index contributed by atoms with van der Waals surface area (Å²) >= 11 is 0. The Morgan fingerprint density at radius 1 is 0.957 bits per heavy atom. The maximum atomic E-state index is 12.9. The minimum atomic E-state index is -4.50. The van der Waals surface area contributed by atoms with Crippen LogP contribution in [0.15, 0.2) is 36.4 Å². The van der Waals surface area contributed by atoms with E-state index in [2.05, 4.69) is 0 Å². The van der Waals surface area contributed by atoms with Gasteiger partial charge in [0, 0.05) is 0 Å². The normalized spacial score (nSPS) is 32.6. The van der Waals surface area contributed by atoms with E-state index >= 15 is 0 Å². The summed E-state index contributed by atoms with van der Waals surface area (Å²) in [6.45, 7) is 0. The second-order valence-corrected chi connectivity index (χ2v) is 6.40. The third kappa shape index (κ3) is 2.04. The Morgan fingerprint density at radius 3 is 2.00 bits per heavy atom. The smallest absolute Gasteiger partial charge is 0.274 e.